The van der Waals surface area contributed by atoms with Crippen LogP contribution in [0, 0.1) is 5.92 Å². The Morgan fingerprint density at radius 1 is 1.18 bits per heavy atom. The number of thiophene rings is 1. The van der Waals surface area contributed by atoms with E-state index in [9.17, 15) is 9.59 Å². The monoisotopic (exact) mass is 396 g/mol. The van der Waals surface area contributed by atoms with Gasteiger partial charge in [-0.15, -0.1) is 11.3 Å². The lowest BCUT2D eigenvalue weighted by molar-refractivity contribution is 0.0642. The molecule has 1 saturated heterocycles. The first-order valence-corrected chi connectivity index (χ1v) is 10.0. The van der Waals surface area contributed by atoms with E-state index in [4.69, 9.17) is 9.26 Å². The van der Waals surface area contributed by atoms with Gasteiger partial charge in [0.05, 0.1) is 12.0 Å². The van der Waals surface area contributed by atoms with Crippen molar-refractivity contribution in [1.29, 1.82) is 0 Å². The van der Waals surface area contributed by atoms with Crippen LogP contribution in [0.2, 0.25) is 0 Å². The third kappa shape index (κ3) is 3.71. The van der Waals surface area contributed by atoms with Crippen LogP contribution in [-0.2, 0) is 0 Å². The summed E-state index contributed by atoms with van der Waals surface area (Å²) in [6.45, 7) is 1.07. The van der Waals surface area contributed by atoms with Crippen LogP contribution in [0.1, 0.15) is 33.7 Å². The van der Waals surface area contributed by atoms with Gasteiger partial charge in [-0.1, -0.05) is 11.2 Å². The summed E-state index contributed by atoms with van der Waals surface area (Å²) < 4.78 is 10.4. The van der Waals surface area contributed by atoms with Gasteiger partial charge in [-0.3, -0.25) is 9.59 Å². The van der Waals surface area contributed by atoms with Crippen LogP contribution in [0.5, 0.6) is 5.75 Å². The normalized spacial score (nSPS) is 14.8. The van der Waals surface area contributed by atoms with Gasteiger partial charge in [0.25, 0.3) is 5.91 Å². The number of methoxy groups -OCH3 is 1. The third-order valence-corrected chi connectivity index (χ3v) is 5.91. The number of carbonyl (C=O) groups is 2. The molecular formula is C21H20N2O4S. The number of piperidine rings is 1. The zero-order chi connectivity index (χ0) is 19.5. The zero-order valence-corrected chi connectivity index (χ0v) is 16.3. The highest BCUT2D eigenvalue weighted by Gasteiger charge is 2.29. The Kier molecular flexibility index (Phi) is 5.25. The number of ether oxygens (including phenoxy) is 1. The van der Waals surface area contributed by atoms with Crippen molar-refractivity contribution in [3.63, 3.8) is 0 Å². The van der Waals surface area contributed by atoms with Crippen molar-refractivity contribution >= 4 is 23.0 Å². The summed E-state index contributed by atoms with van der Waals surface area (Å²) in [7, 11) is 1.60. The fraction of sp³-hybridized carbons (Fsp3) is 0.286. The second-order valence-electron chi connectivity index (χ2n) is 6.71. The van der Waals surface area contributed by atoms with Crippen LogP contribution in [0.3, 0.4) is 0 Å². The lowest BCUT2D eigenvalue weighted by Crippen LogP contribution is -2.40. The van der Waals surface area contributed by atoms with Crippen LogP contribution < -0.4 is 4.74 Å². The Labute approximate surface area is 166 Å². The van der Waals surface area contributed by atoms with Gasteiger partial charge in [-0.05, 0) is 48.6 Å². The van der Waals surface area contributed by atoms with Crippen molar-refractivity contribution in [1.82, 2.24) is 10.1 Å². The molecule has 3 aromatic rings. The van der Waals surface area contributed by atoms with E-state index in [0.29, 0.717) is 42.9 Å². The molecule has 1 aliphatic heterocycles. The van der Waals surface area contributed by atoms with E-state index >= 15 is 0 Å². The lowest BCUT2D eigenvalue weighted by atomic mass is 9.89. The molecule has 1 amide bonds. The standard InChI is InChI=1S/C21H20N2O4S/c1-26-16-6-4-14(5-7-16)20(24)15-8-10-23(11-9-15)21(25)17-13-18(27-22-17)19-3-2-12-28-19/h2-7,12-13,15H,8-11H2,1H3. The number of nitrogens with zero attached hydrogens (tertiary/aromatic N) is 2. The number of likely N-dealkylation sites (tertiary alicyclic amines) is 1. The highest BCUT2D eigenvalue weighted by molar-refractivity contribution is 7.13. The maximum Gasteiger partial charge on any atom is 0.276 e. The topological polar surface area (TPSA) is 72.6 Å². The Bertz CT molecular complexity index is 955. The first-order valence-electron chi connectivity index (χ1n) is 9.14. The molecule has 1 fully saturated rings. The largest absolute Gasteiger partial charge is 0.497 e. The van der Waals surface area contributed by atoms with Gasteiger partial charge in [0.15, 0.2) is 17.2 Å². The SMILES string of the molecule is COc1ccc(C(=O)C2CCN(C(=O)c3cc(-c4cccs4)on3)CC2)cc1. The molecule has 1 aliphatic rings. The van der Waals surface area contributed by atoms with E-state index in [0.717, 1.165) is 10.6 Å². The molecule has 0 N–H and O–H groups in total. The van der Waals surface area contributed by atoms with Crippen molar-refractivity contribution in [2.75, 3.05) is 20.2 Å². The van der Waals surface area contributed by atoms with Gasteiger partial charge < -0.3 is 14.2 Å². The Balaban J connectivity index is 1.37. The molecule has 0 spiro atoms. The van der Waals surface area contributed by atoms with E-state index in [2.05, 4.69) is 5.16 Å². The Morgan fingerprint density at radius 3 is 2.57 bits per heavy atom. The molecule has 6 nitrogen and oxygen atoms in total. The first kappa shape index (κ1) is 18.4. The average Bonchev–Trinajstić information content (AvgIpc) is 3.45. The smallest absolute Gasteiger partial charge is 0.276 e. The van der Waals surface area contributed by atoms with Crippen LogP contribution in [0.15, 0.2) is 52.4 Å². The number of hydrogen-bond acceptors (Lipinski definition) is 6. The molecule has 0 atom stereocenters. The highest BCUT2D eigenvalue weighted by Crippen LogP contribution is 2.27. The van der Waals surface area contributed by atoms with Crippen molar-refractivity contribution < 1.29 is 18.8 Å². The molecule has 28 heavy (non-hydrogen) atoms. The molecule has 1 aromatic carbocycles. The summed E-state index contributed by atoms with van der Waals surface area (Å²) in [6.07, 6.45) is 1.29. The maximum atomic E-state index is 12.7. The minimum Gasteiger partial charge on any atom is -0.497 e. The number of aromatic nitrogens is 1. The zero-order valence-electron chi connectivity index (χ0n) is 15.5. The molecule has 0 bridgehead atoms. The fourth-order valence-electron chi connectivity index (χ4n) is 3.41. The number of rotatable bonds is 5. The highest BCUT2D eigenvalue weighted by atomic mass is 32.1. The molecule has 4 rings (SSSR count). The average molecular weight is 396 g/mol. The van der Waals surface area contributed by atoms with Crippen molar-refractivity contribution in [2.45, 2.75) is 12.8 Å². The third-order valence-electron chi connectivity index (χ3n) is 5.02. The van der Waals surface area contributed by atoms with Crippen LogP contribution in [0.4, 0.5) is 0 Å². The predicted molar refractivity (Wildman–Crippen MR) is 106 cm³/mol. The van der Waals surface area contributed by atoms with Crippen molar-refractivity contribution in [3.05, 3.63) is 59.1 Å². The number of carbonyl (C=O) groups excluding carboxylic acids is 2. The first-order chi connectivity index (χ1) is 13.7. The molecule has 0 unspecified atom stereocenters. The fourth-order valence-corrected chi connectivity index (χ4v) is 4.08. The number of Topliss-reactive ketones (excluding diaryl/α,β-unsaturated/α-hetero) is 1. The summed E-state index contributed by atoms with van der Waals surface area (Å²) in [6, 6.07) is 12.7. The van der Waals surface area contributed by atoms with Crippen LogP contribution >= 0.6 is 11.3 Å². The van der Waals surface area contributed by atoms with E-state index in [-0.39, 0.29) is 17.6 Å². The number of ketones is 1. The van der Waals surface area contributed by atoms with Gasteiger partial charge in [-0.2, -0.15) is 0 Å². The van der Waals surface area contributed by atoms with Gasteiger partial charge in [0.1, 0.15) is 5.75 Å². The second-order valence-corrected chi connectivity index (χ2v) is 7.66. The van der Waals surface area contributed by atoms with E-state index in [1.54, 1.807) is 42.3 Å². The maximum absolute atomic E-state index is 12.7. The lowest BCUT2D eigenvalue weighted by Gasteiger charge is -2.30. The number of hydrogen-bond donors (Lipinski definition) is 0. The molecule has 7 heteroatoms. The van der Waals surface area contributed by atoms with Gasteiger partial charge in [-0.25, -0.2) is 0 Å². The molecule has 0 radical (unpaired) electrons. The van der Waals surface area contributed by atoms with Crippen LogP contribution in [0.25, 0.3) is 10.6 Å². The predicted octanol–water partition coefficient (Wildman–Crippen LogP) is 4.15. The van der Waals surface area contributed by atoms with Gasteiger partial charge in [0.2, 0.25) is 0 Å². The van der Waals surface area contributed by atoms with E-state index < -0.39 is 0 Å². The quantitative estimate of drug-likeness (QED) is 0.606. The second kappa shape index (κ2) is 7.98. The van der Waals surface area contributed by atoms with Gasteiger partial charge >= 0.3 is 0 Å². The minimum absolute atomic E-state index is 0.0727. The van der Waals surface area contributed by atoms with E-state index in [1.807, 2.05) is 17.5 Å². The molecule has 144 valence electrons. The summed E-state index contributed by atoms with van der Waals surface area (Å²) >= 11 is 1.54. The van der Waals surface area contributed by atoms with Crippen molar-refractivity contribution in [3.8, 4) is 16.4 Å². The van der Waals surface area contributed by atoms with Crippen LogP contribution in [-0.4, -0.2) is 41.9 Å². The van der Waals surface area contributed by atoms with Crippen molar-refractivity contribution in [2.24, 2.45) is 5.92 Å². The Morgan fingerprint density at radius 2 is 1.93 bits per heavy atom. The number of amides is 1. The summed E-state index contributed by atoms with van der Waals surface area (Å²) in [5.74, 6) is 1.23. The Hall–Kier alpha value is -2.93. The summed E-state index contributed by atoms with van der Waals surface area (Å²) in [5, 5.41) is 5.88. The summed E-state index contributed by atoms with van der Waals surface area (Å²) in [5.41, 5.74) is 0.992. The summed E-state index contributed by atoms with van der Waals surface area (Å²) in [4.78, 5) is 28.1. The molecular weight excluding hydrogens is 376 g/mol. The molecule has 0 aliphatic carbocycles. The number of benzene rings is 1. The van der Waals surface area contributed by atoms with E-state index in [1.165, 1.54) is 11.3 Å². The molecule has 2 aromatic heterocycles. The minimum atomic E-state index is -0.151. The molecule has 3 heterocycles. The van der Waals surface area contributed by atoms with Gasteiger partial charge in [0, 0.05) is 30.6 Å². The molecule has 0 saturated carbocycles.